The predicted octanol–water partition coefficient (Wildman–Crippen LogP) is 2.71. The SMILES string of the molecule is C[C@]1(C2CC[C@]3(C)C(=O)CC[C@H]3[C@@H]2CC=O)CC[C@H](O)CC1=O. The fourth-order valence-electron chi connectivity index (χ4n) is 5.84. The highest BCUT2D eigenvalue weighted by Crippen LogP contribution is 2.60. The van der Waals surface area contributed by atoms with E-state index in [1.807, 2.05) is 6.92 Å². The maximum Gasteiger partial charge on any atom is 0.141 e. The smallest absolute Gasteiger partial charge is 0.141 e. The summed E-state index contributed by atoms with van der Waals surface area (Å²) >= 11 is 0. The number of carbonyl (C=O) groups is 3. The lowest BCUT2D eigenvalue weighted by Gasteiger charge is -2.52. The lowest BCUT2D eigenvalue weighted by molar-refractivity contribution is -0.147. The highest BCUT2D eigenvalue weighted by molar-refractivity contribution is 5.88. The van der Waals surface area contributed by atoms with Gasteiger partial charge in [0.2, 0.25) is 0 Å². The first-order valence-corrected chi connectivity index (χ1v) is 9.01. The van der Waals surface area contributed by atoms with Crippen molar-refractivity contribution in [3.63, 3.8) is 0 Å². The molecule has 3 aliphatic rings. The molecule has 0 heterocycles. The van der Waals surface area contributed by atoms with Gasteiger partial charge in [0, 0.05) is 30.1 Å². The summed E-state index contributed by atoms with van der Waals surface area (Å²) in [5.74, 6) is 1.01. The van der Waals surface area contributed by atoms with E-state index in [4.69, 9.17) is 0 Å². The molecule has 6 atom stereocenters. The number of carbonyl (C=O) groups excluding carboxylic acids is 3. The van der Waals surface area contributed by atoms with Crippen molar-refractivity contribution in [1.29, 1.82) is 0 Å². The zero-order valence-electron chi connectivity index (χ0n) is 14.2. The molecular formula is C19H28O4. The first-order valence-electron chi connectivity index (χ1n) is 9.01. The quantitative estimate of drug-likeness (QED) is 0.812. The van der Waals surface area contributed by atoms with Crippen molar-refractivity contribution in [3.8, 4) is 0 Å². The topological polar surface area (TPSA) is 71.4 Å². The normalized spacial score (nSPS) is 47.4. The van der Waals surface area contributed by atoms with Gasteiger partial charge in [-0.2, -0.15) is 0 Å². The lowest BCUT2D eigenvalue weighted by Crippen LogP contribution is -2.51. The summed E-state index contributed by atoms with van der Waals surface area (Å²) in [5.41, 5.74) is -0.738. The van der Waals surface area contributed by atoms with E-state index in [9.17, 15) is 19.5 Å². The second-order valence-corrected chi connectivity index (χ2v) is 8.43. The molecule has 0 aromatic heterocycles. The van der Waals surface area contributed by atoms with E-state index >= 15 is 0 Å². The fraction of sp³-hybridized carbons (Fsp3) is 0.842. The van der Waals surface area contributed by atoms with Crippen molar-refractivity contribution < 1.29 is 19.5 Å². The minimum atomic E-state index is -0.512. The molecule has 1 unspecified atom stereocenters. The Bertz CT molecular complexity index is 527. The zero-order valence-corrected chi connectivity index (χ0v) is 14.2. The van der Waals surface area contributed by atoms with Gasteiger partial charge < -0.3 is 9.90 Å². The van der Waals surface area contributed by atoms with Crippen molar-refractivity contribution in [2.45, 2.75) is 71.3 Å². The van der Waals surface area contributed by atoms with E-state index in [0.29, 0.717) is 31.5 Å². The molecule has 3 saturated carbocycles. The van der Waals surface area contributed by atoms with Crippen LogP contribution in [0.1, 0.15) is 65.2 Å². The van der Waals surface area contributed by atoms with Gasteiger partial charge in [0.05, 0.1) is 6.10 Å². The number of hydrogen-bond donors (Lipinski definition) is 1. The molecule has 0 radical (unpaired) electrons. The van der Waals surface area contributed by atoms with Gasteiger partial charge >= 0.3 is 0 Å². The van der Waals surface area contributed by atoms with E-state index < -0.39 is 11.5 Å². The third-order valence-electron chi connectivity index (χ3n) is 7.39. The number of aliphatic hydroxyl groups excluding tert-OH is 1. The molecule has 0 bridgehead atoms. The van der Waals surface area contributed by atoms with Crippen LogP contribution in [0.2, 0.25) is 0 Å². The van der Waals surface area contributed by atoms with Gasteiger partial charge in [-0.25, -0.2) is 0 Å². The highest BCUT2D eigenvalue weighted by Gasteiger charge is 2.58. The van der Waals surface area contributed by atoms with E-state index in [1.165, 1.54) is 0 Å². The van der Waals surface area contributed by atoms with Crippen LogP contribution in [0.3, 0.4) is 0 Å². The lowest BCUT2D eigenvalue weighted by atomic mass is 9.51. The van der Waals surface area contributed by atoms with Crippen molar-refractivity contribution in [1.82, 2.24) is 0 Å². The Balaban J connectivity index is 1.91. The Hall–Kier alpha value is -1.03. The Morgan fingerprint density at radius 2 is 1.65 bits per heavy atom. The second kappa shape index (κ2) is 5.80. The van der Waals surface area contributed by atoms with Gasteiger partial charge in [0.15, 0.2) is 0 Å². The molecule has 3 fully saturated rings. The fourth-order valence-corrected chi connectivity index (χ4v) is 5.84. The monoisotopic (exact) mass is 320 g/mol. The molecule has 0 aromatic rings. The molecule has 3 aliphatic carbocycles. The van der Waals surface area contributed by atoms with Crippen molar-refractivity contribution in [3.05, 3.63) is 0 Å². The average Bonchev–Trinajstić information content (AvgIpc) is 2.80. The van der Waals surface area contributed by atoms with Gasteiger partial charge in [0.25, 0.3) is 0 Å². The maximum absolute atomic E-state index is 12.7. The Morgan fingerprint density at radius 3 is 2.30 bits per heavy atom. The minimum Gasteiger partial charge on any atom is -0.393 e. The number of rotatable bonds is 3. The molecule has 23 heavy (non-hydrogen) atoms. The van der Waals surface area contributed by atoms with Crippen LogP contribution in [0, 0.1) is 28.6 Å². The van der Waals surface area contributed by atoms with Gasteiger partial charge in [0.1, 0.15) is 17.9 Å². The largest absolute Gasteiger partial charge is 0.393 e. The Kier molecular flexibility index (Phi) is 4.24. The van der Waals surface area contributed by atoms with Gasteiger partial charge in [-0.3, -0.25) is 9.59 Å². The summed E-state index contributed by atoms with van der Waals surface area (Å²) in [6.45, 7) is 4.10. The second-order valence-electron chi connectivity index (χ2n) is 8.43. The molecule has 4 heteroatoms. The molecule has 0 saturated heterocycles. The van der Waals surface area contributed by atoms with Crippen molar-refractivity contribution in [2.24, 2.45) is 28.6 Å². The number of hydrogen-bond acceptors (Lipinski definition) is 4. The van der Waals surface area contributed by atoms with E-state index in [2.05, 4.69) is 6.92 Å². The van der Waals surface area contributed by atoms with Gasteiger partial charge in [-0.1, -0.05) is 13.8 Å². The van der Waals surface area contributed by atoms with Crippen LogP contribution in [0.25, 0.3) is 0 Å². The van der Waals surface area contributed by atoms with Crippen LogP contribution in [-0.4, -0.2) is 29.1 Å². The number of ketones is 2. The molecular weight excluding hydrogens is 292 g/mol. The zero-order chi connectivity index (χ0) is 16.8. The van der Waals surface area contributed by atoms with Crippen LogP contribution >= 0.6 is 0 Å². The molecule has 128 valence electrons. The summed E-state index contributed by atoms with van der Waals surface area (Å²) in [6.07, 6.45) is 5.66. The van der Waals surface area contributed by atoms with Gasteiger partial charge in [-0.05, 0) is 49.9 Å². The van der Waals surface area contributed by atoms with Crippen molar-refractivity contribution >= 4 is 17.9 Å². The van der Waals surface area contributed by atoms with Crippen LogP contribution < -0.4 is 0 Å². The van der Waals surface area contributed by atoms with Crippen LogP contribution in [0.15, 0.2) is 0 Å². The summed E-state index contributed by atoms with van der Waals surface area (Å²) in [5, 5.41) is 9.78. The third kappa shape index (κ3) is 2.50. The van der Waals surface area contributed by atoms with Crippen LogP contribution in [0.5, 0.6) is 0 Å². The molecule has 0 aromatic carbocycles. The molecule has 0 aliphatic heterocycles. The predicted molar refractivity (Wildman–Crippen MR) is 85.7 cm³/mol. The molecule has 0 amide bonds. The number of Topliss-reactive ketones (excluding diaryl/α,β-unsaturated/α-hetero) is 2. The molecule has 4 nitrogen and oxygen atoms in total. The van der Waals surface area contributed by atoms with E-state index in [-0.39, 0.29) is 35.4 Å². The molecule has 0 spiro atoms. The van der Waals surface area contributed by atoms with E-state index in [1.54, 1.807) is 0 Å². The van der Waals surface area contributed by atoms with Crippen molar-refractivity contribution in [2.75, 3.05) is 0 Å². The standard InChI is InChI=1S/C19H28O4/c1-18-9-6-15(19(2)8-5-12(21)11-17(19)23)13(7-10-20)14(18)3-4-16(18)22/h10,12-15,21H,3-9,11H2,1-2H3/t12-,13-,14-,15?,18-,19+/m0/s1. The summed E-state index contributed by atoms with van der Waals surface area (Å²) in [4.78, 5) is 36.4. The Morgan fingerprint density at radius 1 is 1.04 bits per heavy atom. The minimum absolute atomic E-state index is 0.127. The first kappa shape index (κ1) is 16.8. The third-order valence-corrected chi connectivity index (χ3v) is 7.39. The van der Waals surface area contributed by atoms with Crippen LogP contribution in [0.4, 0.5) is 0 Å². The summed E-state index contributed by atoms with van der Waals surface area (Å²) < 4.78 is 0. The number of aliphatic hydroxyl groups is 1. The first-order chi connectivity index (χ1) is 10.8. The van der Waals surface area contributed by atoms with Gasteiger partial charge in [-0.15, -0.1) is 0 Å². The molecule has 3 rings (SSSR count). The summed E-state index contributed by atoms with van der Waals surface area (Å²) in [6, 6.07) is 0. The maximum atomic E-state index is 12.7. The molecule has 1 N–H and O–H groups in total. The Labute approximate surface area is 138 Å². The summed E-state index contributed by atoms with van der Waals surface area (Å²) in [7, 11) is 0. The van der Waals surface area contributed by atoms with Crippen LogP contribution in [-0.2, 0) is 14.4 Å². The number of aldehydes is 1. The average molecular weight is 320 g/mol. The highest BCUT2D eigenvalue weighted by atomic mass is 16.3. The number of fused-ring (bicyclic) bond motifs is 1. The van der Waals surface area contributed by atoms with E-state index in [0.717, 1.165) is 25.5 Å².